The van der Waals surface area contributed by atoms with Crippen LogP contribution in [0, 0.1) is 0 Å². The summed E-state index contributed by atoms with van der Waals surface area (Å²) in [6.45, 7) is 0. The second-order valence-corrected chi connectivity index (χ2v) is 6.83. The fraction of sp³-hybridized carbons (Fsp3) is 0.111. The molecule has 0 saturated heterocycles. The van der Waals surface area contributed by atoms with Crippen molar-refractivity contribution < 1.29 is 17.9 Å². The number of hydrogen-bond acceptors (Lipinski definition) is 4. The van der Waals surface area contributed by atoms with E-state index >= 15 is 0 Å². The molecule has 0 fully saturated rings. The smallest absolute Gasteiger partial charge is 0.262 e. The number of ether oxygens (including phenoxy) is 2. The van der Waals surface area contributed by atoms with Crippen molar-refractivity contribution in [3.8, 4) is 11.5 Å². The first-order chi connectivity index (χ1) is 11.5. The van der Waals surface area contributed by atoms with E-state index in [2.05, 4.69) is 4.72 Å². The summed E-state index contributed by atoms with van der Waals surface area (Å²) in [5, 5.41) is 1.80. The Morgan fingerprint density at radius 3 is 2.29 bits per heavy atom. The van der Waals surface area contributed by atoms with Crippen LogP contribution in [0.15, 0.2) is 65.6 Å². The summed E-state index contributed by atoms with van der Waals surface area (Å²) in [6.07, 6.45) is 0. The van der Waals surface area contributed by atoms with Crippen LogP contribution < -0.4 is 14.2 Å². The van der Waals surface area contributed by atoms with Gasteiger partial charge in [0.1, 0.15) is 0 Å². The molecule has 0 bridgehead atoms. The van der Waals surface area contributed by atoms with Gasteiger partial charge in [0.2, 0.25) is 0 Å². The van der Waals surface area contributed by atoms with Gasteiger partial charge in [-0.15, -0.1) is 0 Å². The number of hydrogen-bond donors (Lipinski definition) is 1. The molecule has 0 amide bonds. The summed E-state index contributed by atoms with van der Waals surface area (Å²) in [5.41, 5.74) is 0.530. The maximum absolute atomic E-state index is 12.7. The van der Waals surface area contributed by atoms with Gasteiger partial charge in [-0.25, -0.2) is 8.42 Å². The van der Waals surface area contributed by atoms with Gasteiger partial charge in [-0.1, -0.05) is 36.4 Å². The molecule has 0 atom stereocenters. The third-order valence-corrected chi connectivity index (χ3v) is 5.06. The van der Waals surface area contributed by atoms with Crippen molar-refractivity contribution in [3.63, 3.8) is 0 Å². The average molecular weight is 343 g/mol. The molecule has 0 radical (unpaired) electrons. The summed E-state index contributed by atoms with van der Waals surface area (Å²) >= 11 is 0. The van der Waals surface area contributed by atoms with Gasteiger partial charge in [0.15, 0.2) is 11.5 Å². The van der Waals surface area contributed by atoms with Crippen LogP contribution in [0.2, 0.25) is 0 Å². The Balaban J connectivity index is 2.02. The van der Waals surface area contributed by atoms with Gasteiger partial charge < -0.3 is 9.47 Å². The van der Waals surface area contributed by atoms with Crippen LogP contribution in [0.5, 0.6) is 11.5 Å². The minimum atomic E-state index is -3.75. The first-order valence-corrected chi connectivity index (χ1v) is 8.76. The number of anilines is 1. The van der Waals surface area contributed by atoms with E-state index in [1.165, 1.54) is 26.4 Å². The minimum Gasteiger partial charge on any atom is -0.493 e. The lowest BCUT2D eigenvalue weighted by atomic mass is 10.1. The second kappa shape index (κ2) is 6.41. The second-order valence-electron chi connectivity index (χ2n) is 5.15. The van der Waals surface area contributed by atoms with Gasteiger partial charge in [0, 0.05) is 11.5 Å². The molecule has 0 unspecified atom stereocenters. The molecule has 24 heavy (non-hydrogen) atoms. The Labute approximate surface area is 140 Å². The number of sulfonamides is 1. The average Bonchev–Trinajstić information content (AvgIpc) is 2.61. The number of benzene rings is 3. The van der Waals surface area contributed by atoms with Crippen LogP contribution in [0.1, 0.15) is 0 Å². The highest BCUT2D eigenvalue weighted by atomic mass is 32.2. The molecule has 3 rings (SSSR count). The van der Waals surface area contributed by atoms with E-state index < -0.39 is 10.0 Å². The number of nitrogens with one attached hydrogen (secondary N) is 1. The van der Waals surface area contributed by atoms with Crippen molar-refractivity contribution in [1.82, 2.24) is 0 Å². The van der Waals surface area contributed by atoms with E-state index in [0.717, 1.165) is 10.8 Å². The zero-order valence-electron chi connectivity index (χ0n) is 13.3. The monoisotopic (exact) mass is 343 g/mol. The molecular formula is C18H17NO4S. The molecule has 5 nitrogen and oxygen atoms in total. The lowest BCUT2D eigenvalue weighted by Crippen LogP contribution is -2.13. The highest BCUT2D eigenvalue weighted by molar-refractivity contribution is 7.92. The molecule has 124 valence electrons. The maximum Gasteiger partial charge on any atom is 0.262 e. The molecule has 1 N–H and O–H groups in total. The molecule has 3 aromatic rings. The highest BCUT2D eigenvalue weighted by Crippen LogP contribution is 2.31. The third-order valence-electron chi connectivity index (χ3n) is 3.70. The van der Waals surface area contributed by atoms with Crippen molar-refractivity contribution >= 4 is 26.5 Å². The van der Waals surface area contributed by atoms with E-state index in [0.29, 0.717) is 17.2 Å². The quantitative estimate of drug-likeness (QED) is 0.768. The Kier molecular flexibility index (Phi) is 4.31. The summed E-state index contributed by atoms with van der Waals surface area (Å²) in [4.78, 5) is 0.105. The minimum absolute atomic E-state index is 0.105. The molecule has 0 aliphatic rings. The zero-order valence-corrected chi connectivity index (χ0v) is 14.1. The van der Waals surface area contributed by atoms with E-state index in [1.54, 1.807) is 12.1 Å². The summed E-state index contributed by atoms with van der Waals surface area (Å²) in [7, 11) is -0.783. The molecule has 0 aromatic heterocycles. The van der Waals surface area contributed by atoms with Crippen LogP contribution in [0.25, 0.3) is 10.8 Å². The molecule has 0 saturated carbocycles. The molecule has 0 aliphatic carbocycles. The lowest BCUT2D eigenvalue weighted by Gasteiger charge is -2.13. The number of rotatable bonds is 5. The predicted molar refractivity (Wildman–Crippen MR) is 94.3 cm³/mol. The van der Waals surface area contributed by atoms with Crippen LogP contribution in [-0.4, -0.2) is 22.6 Å². The van der Waals surface area contributed by atoms with Crippen molar-refractivity contribution in [3.05, 3.63) is 60.7 Å². The summed E-state index contributed by atoms with van der Waals surface area (Å²) < 4.78 is 38.4. The number of fused-ring (bicyclic) bond motifs is 1. The molecule has 0 heterocycles. The SMILES string of the molecule is COc1ccc(S(=O)(=O)Nc2cccc3ccccc23)cc1OC. The van der Waals surface area contributed by atoms with Gasteiger partial charge in [-0.3, -0.25) is 4.72 Å². The fourth-order valence-electron chi connectivity index (χ4n) is 2.50. The Morgan fingerprint density at radius 1 is 0.833 bits per heavy atom. The zero-order chi connectivity index (χ0) is 17.2. The van der Waals surface area contributed by atoms with E-state index in [4.69, 9.17) is 9.47 Å². The van der Waals surface area contributed by atoms with Crippen LogP contribution in [0.4, 0.5) is 5.69 Å². The maximum atomic E-state index is 12.7. The van der Waals surface area contributed by atoms with Gasteiger partial charge >= 0.3 is 0 Å². The predicted octanol–water partition coefficient (Wildman–Crippen LogP) is 3.66. The summed E-state index contributed by atoms with van der Waals surface area (Å²) in [6, 6.07) is 17.6. The van der Waals surface area contributed by atoms with Crippen LogP contribution >= 0.6 is 0 Å². The van der Waals surface area contributed by atoms with E-state index in [1.807, 2.05) is 36.4 Å². The molecule has 6 heteroatoms. The van der Waals surface area contributed by atoms with E-state index in [9.17, 15) is 8.42 Å². The van der Waals surface area contributed by atoms with Gasteiger partial charge in [-0.05, 0) is 23.6 Å². The molecule has 0 spiro atoms. The number of methoxy groups -OCH3 is 2. The fourth-order valence-corrected chi connectivity index (χ4v) is 3.60. The Morgan fingerprint density at radius 2 is 1.54 bits per heavy atom. The van der Waals surface area contributed by atoms with Crippen molar-refractivity contribution in [2.24, 2.45) is 0 Å². The molecule has 3 aromatic carbocycles. The normalized spacial score (nSPS) is 11.2. The van der Waals surface area contributed by atoms with Gasteiger partial charge in [-0.2, -0.15) is 0 Å². The Bertz CT molecular complexity index is 978. The highest BCUT2D eigenvalue weighted by Gasteiger charge is 2.18. The first-order valence-electron chi connectivity index (χ1n) is 7.28. The van der Waals surface area contributed by atoms with E-state index in [-0.39, 0.29) is 4.90 Å². The standard InChI is InChI=1S/C18H17NO4S/c1-22-17-11-10-14(12-18(17)23-2)24(20,21)19-16-9-5-7-13-6-3-4-8-15(13)16/h3-12,19H,1-2H3. The van der Waals surface area contributed by atoms with Crippen molar-refractivity contribution in [1.29, 1.82) is 0 Å². The first kappa shape index (κ1) is 16.1. The van der Waals surface area contributed by atoms with Gasteiger partial charge in [0.25, 0.3) is 10.0 Å². The third kappa shape index (κ3) is 3.00. The molecule has 0 aliphatic heterocycles. The van der Waals surface area contributed by atoms with Crippen LogP contribution in [0.3, 0.4) is 0 Å². The van der Waals surface area contributed by atoms with Crippen LogP contribution in [-0.2, 0) is 10.0 Å². The molecular weight excluding hydrogens is 326 g/mol. The lowest BCUT2D eigenvalue weighted by molar-refractivity contribution is 0.354. The largest absolute Gasteiger partial charge is 0.493 e. The van der Waals surface area contributed by atoms with Crippen molar-refractivity contribution in [2.45, 2.75) is 4.90 Å². The van der Waals surface area contributed by atoms with Gasteiger partial charge in [0.05, 0.1) is 24.8 Å². The van der Waals surface area contributed by atoms with Crippen molar-refractivity contribution in [2.75, 3.05) is 18.9 Å². The summed E-state index contributed by atoms with van der Waals surface area (Å²) in [5.74, 6) is 0.833. The Hall–Kier alpha value is -2.73. The topological polar surface area (TPSA) is 64.6 Å².